The summed E-state index contributed by atoms with van der Waals surface area (Å²) in [5, 5.41) is 0. The highest BCUT2D eigenvalue weighted by Gasteiger charge is 2.32. The van der Waals surface area contributed by atoms with E-state index in [1.54, 1.807) is 0 Å². The van der Waals surface area contributed by atoms with E-state index in [0.717, 1.165) is 6.26 Å². The Morgan fingerprint density at radius 1 is 1.38 bits per heavy atom. The van der Waals surface area contributed by atoms with E-state index in [9.17, 15) is 8.42 Å². The summed E-state index contributed by atoms with van der Waals surface area (Å²) in [5.41, 5.74) is 0. The van der Waals surface area contributed by atoms with Gasteiger partial charge < -0.3 is 14.2 Å². The molecule has 0 aliphatic carbocycles. The summed E-state index contributed by atoms with van der Waals surface area (Å²) in [4.78, 5) is 0. The van der Waals surface area contributed by atoms with Crippen molar-refractivity contribution in [2.24, 2.45) is 0 Å². The van der Waals surface area contributed by atoms with Gasteiger partial charge in [0.1, 0.15) is 6.10 Å². The largest absolute Gasteiger partial charge is 0.376 e. The summed E-state index contributed by atoms with van der Waals surface area (Å²) in [7, 11) is -3.38. The van der Waals surface area contributed by atoms with Crippen LogP contribution in [0, 0.1) is 0 Å². The Morgan fingerprint density at radius 3 is 2.56 bits per heavy atom. The van der Waals surface area contributed by atoms with Crippen LogP contribution in [0.1, 0.15) is 13.8 Å². The number of hydrogen-bond acceptors (Lipinski definition) is 6. The van der Waals surface area contributed by atoms with Crippen LogP contribution in [0.25, 0.3) is 0 Å². The Hall–Kier alpha value is -0.210. The van der Waals surface area contributed by atoms with E-state index < -0.39 is 15.9 Å². The first-order chi connectivity index (χ1) is 7.29. The van der Waals surface area contributed by atoms with E-state index >= 15 is 0 Å². The molecule has 0 bridgehead atoms. The molecule has 0 spiro atoms. The molecule has 1 fully saturated rings. The van der Waals surface area contributed by atoms with Gasteiger partial charge in [-0.25, -0.2) is 0 Å². The summed E-state index contributed by atoms with van der Waals surface area (Å²) < 4.78 is 41.8. The third kappa shape index (κ3) is 5.76. The predicted octanol–water partition coefficient (Wildman–Crippen LogP) is 0.131. The highest BCUT2D eigenvalue weighted by atomic mass is 32.2. The minimum Gasteiger partial charge on any atom is -0.376 e. The second-order valence-electron chi connectivity index (χ2n) is 4.05. The summed E-state index contributed by atoms with van der Waals surface area (Å²) in [6.45, 7) is 4.76. The van der Waals surface area contributed by atoms with Gasteiger partial charge in [-0.3, -0.25) is 4.18 Å². The molecule has 1 unspecified atom stereocenters. The van der Waals surface area contributed by atoms with Crippen LogP contribution in [0.5, 0.6) is 0 Å². The van der Waals surface area contributed by atoms with Crippen LogP contribution in [0.3, 0.4) is 0 Å². The summed E-state index contributed by atoms with van der Waals surface area (Å²) >= 11 is 0. The topological polar surface area (TPSA) is 71.1 Å². The zero-order valence-corrected chi connectivity index (χ0v) is 10.6. The van der Waals surface area contributed by atoms with Crippen LogP contribution in [-0.4, -0.2) is 53.0 Å². The van der Waals surface area contributed by atoms with Crippen molar-refractivity contribution in [2.75, 3.05) is 32.7 Å². The second kappa shape index (κ2) is 5.42. The molecule has 0 aromatic heterocycles. The van der Waals surface area contributed by atoms with Crippen molar-refractivity contribution < 1.29 is 26.8 Å². The Bertz CT molecular complexity index is 310. The van der Waals surface area contributed by atoms with E-state index in [1.807, 2.05) is 13.8 Å². The highest BCUT2D eigenvalue weighted by molar-refractivity contribution is 7.85. The molecule has 0 aromatic carbocycles. The fraction of sp³-hybridized carbons (Fsp3) is 1.00. The summed E-state index contributed by atoms with van der Waals surface area (Å²) in [5.74, 6) is -0.558. The lowest BCUT2D eigenvalue weighted by Crippen LogP contribution is -2.24. The molecule has 0 aromatic rings. The van der Waals surface area contributed by atoms with Crippen molar-refractivity contribution in [1.82, 2.24) is 0 Å². The van der Waals surface area contributed by atoms with Gasteiger partial charge in [-0.15, -0.1) is 0 Å². The first-order valence-corrected chi connectivity index (χ1v) is 6.84. The van der Waals surface area contributed by atoms with Crippen LogP contribution >= 0.6 is 0 Å². The smallest absolute Gasteiger partial charge is 0.264 e. The maximum Gasteiger partial charge on any atom is 0.264 e. The fourth-order valence-electron chi connectivity index (χ4n) is 1.30. The Kier molecular flexibility index (Phi) is 4.69. The van der Waals surface area contributed by atoms with E-state index in [2.05, 4.69) is 4.18 Å². The summed E-state index contributed by atoms with van der Waals surface area (Å²) in [6.07, 6.45) is 0.900. The number of ether oxygens (including phenoxy) is 3. The van der Waals surface area contributed by atoms with Crippen molar-refractivity contribution in [2.45, 2.75) is 25.7 Å². The van der Waals surface area contributed by atoms with Crippen LogP contribution in [0.15, 0.2) is 0 Å². The first-order valence-electron chi connectivity index (χ1n) is 5.02. The highest BCUT2D eigenvalue weighted by Crippen LogP contribution is 2.22. The minimum absolute atomic E-state index is 0.0236. The number of rotatable bonds is 6. The second-order valence-corrected chi connectivity index (χ2v) is 5.70. The molecule has 0 amide bonds. The molecule has 96 valence electrons. The van der Waals surface area contributed by atoms with Gasteiger partial charge in [0.2, 0.25) is 0 Å². The Labute approximate surface area is 95.9 Å². The minimum atomic E-state index is -3.38. The zero-order chi connectivity index (χ0) is 12.2. The van der Waals surface area contributed by atoms with Gasteiger partial charge in [0.15, 0.2) is 5.79 Å². The van der Waals surface area contributed by atoms with Gasteiger partial charge in [0.25, 0.3) is 10.1 Å². The van der Waals surface area contributed by atoms with E-state index in [4.69, 9.17) is 14.2 Å². The zero-order valence-electron chi connectivity index (χ0n) is 9.76. The van der Waals surface area contributed by atoms with Gasteiger partial charge in [0, 0.05) is 0 Å². The molecule has 1 atom stereocenters. The van der Waals surface area contributed by atoms with Crippen LogP contribution in [-0.2, 0) is 28.5 Å². The molecule has 1 saturated heterocycles. The SMILES string of the molecule is CC1(C)OCC(COCCOS(C)(=O)=O)O1. The lowest BCUT2D eigenvalue weighted by Gasteiger charge is -2.16. The molecule has 16 heavy (non-hydrogen) atoms. The normalized spacial score (nSPS) is 24.8. The molecule has 1 rings (SSSR count). The maximum atomic E-state index is 10.6. The van der Waals surface area contributed by atoms with E-state index in [1.165, 1.54) is 0 Å². The lowest BCUT2D eigenvalue weighted by atomic mass is 10.4. The average molecular weight is 254 g/mol. The molecule has 6 nitrogen and oxygen atoms in total. The average Bonchev–Trinajstić information content (AvgIpc) is 2.43. The molecule has 1 aliphatic rings. The lowest BCUT2D eigenvalue weighted by molar-refractivity contribution is -0.145. The van der Waals surface area contributed by atoms with Gasteiger partial charge in [-0.2, -0.15) is 8.42 Å². The standard InChI is InChI=1S/C9H18O6S/c1-9(2)13-7-8(15-9)6-12-4-5-14-16(3,10)11/h8H,4-7H2,1-3H3. The monoisotopic (exact) mass is 254 g/mol. The predicted molar refractivity (Wildman–Crippen MR) is 56.5 cm³/mol. The number of hydrogen-bond donors (Lipinski definition) is 0. The third-order valence-electron chi connectivity index (χ3n) is 1.90. The van der Waals surface area contributed by atoms with E-state index in [0.29, 0.717) is 13.2 Å². The Balaban J connectivity index is 2.05. The van der Waals surface area contributed by atoms with Gasteiger partial charge >= 0.3 is 0 Å². The van der Waals surface area contributed by atoms with Crippen molar-refractivity contribution in [3.05, 3.63) is 0 Å². The van der Waals surface area contributed by atoms with E-state index in [-0.39, 0.29) is 19.3 Å². The van der Waals surface area contributed by atoms with Crippen molar-refractivity contribution in [1.29, 1.82) is 0 Å². The van der Waals surface area contributed by atoms with Crippen LogP contribution < -0.4 is 0 Å². The Morgan fingerprint density at radius 2 is 2.06 bits per heavy atom. The molecular weight excluding hydrogens is 236 g/mol. The molecule has 0 saturated carbocycles. The third-order valence-corrected chi connectivity index (χ3v) is 2.49. The molecule has 7 heteroatoms. The van der Waals surface area contributed by atoms with Crippen molar-refractivity contribution in [3.63, 3.8) is 0 Å². The van der Waals surface area contributed by atoms with Crippen LogP contribution in [0.4, 0.5) is 0 Å². The van der Waals surface area contributed by atoms with Gasteiger partial charge in [0.05, 0.1) is 32.7 Å². The molecule has 0 radical (unpaired) electrons. The van der Waals surface area contributed by atoms with Gasteiger partial charge in [-0.1, -0.05) is 0 Å². The molecule has 1 aliphatic heterocycles. The first kappa shape index (κ1) is 13.9. The summed E-state index contributed by atoms with van der Waals surface area (Å²) in [6, 6.07) is 0. The molecule has 1 heterocycles. The fourth-order valence-corrected chi connectivity index (χ4v) is 1.68. The van der Waals surface area contributed by atoms with Crippen molar-refractivity contribution >= 4 is 10.1 Å². The van der Waals surface area contributed by atoms with Gasteiger partial charge in [-0.05, 0) is 13.8 Å². The quantitative estimate of drug-likeness (QED) is 0.495. The maximum absolute atomic E-state index is 10.6. The molecule has 0 N–H and O–H groups in total. The van der Waals surface area contributed by atoms with Crippen LogP contribution in [0.2, 0.25) is 0 Å². The van der Waals surface area contributed by atoms with Crippen molar-refractivity contribution in [3.8, 4) is 0 Å². The molecular formula is C9H18O6S.